The molecule has 5 heteroatoms. The van der Waals surface area contributed by atoms with Crippen LogP contribution in [0.1, 0.15) is 15.9 Å². The molecule has 0 aliphatic heterocycles. The van der Waals surface area contributed by atoms with Crippen LogP contribution in [0, 0.1) is 6.92 Å². The predicted octanol–water partition coefficient (Wildman–Crippen LogP) is 2.64. The summed E-state index contributed by atoms with van der Waals surface area (Å²) in [6.45, 7) is 1.77. The minimum atomic E-state index is -0.911. The van der Waals surface area contributed by atoms with Gasteiger partial charge in [-0.25, -0.2) is 9.48 Å². The van der Waals surface area contributed by atoms with E-state index in [2.05, 4.69) is 21.0 Å². The van der Waals surface area contributed by atoms with Crippen LogP contribution in [0.15, 0.2) is 35.1 Å². The van der Waals surface area contributed by atoms with E-state index in [1.54, 1.807) is 36.0 Å². The second-order valence-electron chi connectivity index (χ2n) is 3.41. The molecule has 0 spiro atoms. The second kappa shape index (κ2) is 4.09. The van der Waals surface area contributed by atoms with Gasteiger partial charge in [-0.05, 0) is 46.6 Å². The molecule has 1 aromatic heterocycles. The average Bonchev–Trinajstić information content (AvgIpc) is 2.64. The minimum Gasteiger partial charge on any atom is -0.478 e. The van der Waals surface area contributed by atoms with Gasteiger partial charge in [0.15, 0.2) is 0 Å². The zero-order chi connectivity index (χ0) is 11.7. The molecule has 0 atom stereocenters. The van der Waals surface area contributed by atoms with Crippen LogP contribution in [-0.4, -0.2) is 20.9 Å². The number of nitrogens with zero attached hydrogens (tertiary/aromatic N) is 2. The number of halogens is 1. The molecule has 0 saturated heterocycles. The van der Waals surface area contributed by atoms with Gasteiger partial charge in [0.25, 0.3) is 0 Å². The summed E-state index contributed by atoms with van der Waals surface area (Å²) in [7, 11) is 0. The first-order valence-electron chi connectivity index (χ1n) is 4.62. The van der Waals surface area contributed by atoms with Crippen molar-refractivity contribution in [1.29, 1.82) is 0 Å². The van der Waals surface area contributed by atoms with E-state index in [0.717, 1.165) is 15.7 Å². The molecule has 1 N–H and O–H groups in total. The normalized spacial score (nSPS) is 10.4. The van der Waals surface area contributed by atoms with E-state index >= 15 is 0 Å². The van der Waals surface area contributed by atoms with Crippen molar-refractivity contribution in [2.24, 2.45) is 0 Å². The van der Waals surface area contributed by atoms with Gasteiger partial charge in [-0.15, -0.1) is 0 Å². The summed E-state index contributed by atoms with van der Waals surface area (Å²) in [4.78, 5) is 10.8. The zero-order valence-corrected chi connectivity index (χ0v) is 10.1. The number of carboxylic acid groups (broad SMARTS) is 1. The number of carboxylic acids is 1. The molecule has 1 heterocycles. The van der Waals surface area contributed by atoms with E-state index in [4.69, 9.17) is 5.11 Å². The van der Waals surface area contributed by atoms with Crippen molar-refractivity contribution < 1.29 is 9.90 Å². The maximum atomic E-state index is 10.8. The van der Waals surface area contributed by atoms with Gasteiger partial charge in [0, 0.05) is 6.20 Å². The average molecular weight is 281 g/mol. The lowest BCUT2D eigenvalue weighted by Gasteiger charge is -2.05. The second-order valence-corrected chi connectivity index (χ2v) is 4.32. The van der Waals surface area contributed by atoms with E-state index < -0.39 is 5.97 Å². The first kappa shape index (κ1) is 10.9. The van der Waals surface area contributed by atoms with Gasteiger partial charge < -0.3 is 5.11 Å². The van der Waals surface area contributed by atoms with Gasteiger partial charge in [-0.2, -0.15) is 5.10 Å². The lowest BCUT2D eigenvalue weighted by Crippen LogP contribution is -2.02. The number of rotatable bonds is 2. The summed E-state index contributed by atoms with van der Waals surface area (Å²) in [5, 5.41) is 13.0. The fourth-order valence-corrected chi connectivity index (χ4v) is 1.76. The Morgan fingerprint density at radius 2 is 2.25 bits per heavy atom. The highest BCUT2D eigenvalue weighted by Crippen LogP contribution is 2.16. The highest BCUT2D eigenvalue weighted by molar-refractivity contribution is 9.10. The molecule has 0 saturated carbocycles. The number of aromatic nitrogens is 2. The van der Waals surface area contributed by atoms with Crippen LogP contribution in [0.2, 0.25) is 0 Å². The number of hydrogen-bond donors (Lipinski definition) is 1. The van der Waals surface area contributed by atoms with Crippen molar-refractivity contribution in [3.05, 3.63) is 46.2 Å². The summed E-state index contributed by atoms with van der Waals surface area (Å²) in [5.74, 6) is -0.911. The molecule has 4 nitrogen and oxygen atoms in total. The van der Waals surface area contributed by atoms with E-state index in [-0.39, 0.29) is 0 Å². The lowest BCUT2D eigenvalue weighted by molar-refractivity contribution is 0.0696. The molecule has 0 bridgehead atoms. The van der Waals surface area contributed by atoms with E-state index in [1.165, 1.54) is 0 Å². The SMILES string of the molecule is Cc1cc(-n2cc(Br)cn2)ccc1C(=O)O. The van der Waals surface area contributed by atoms with Gasteiger partial charge in [0.2, 0.25) is 0 Å². The Balaban J connectivity index is 2.45. The Labute approximate surface area is 101 Å². The molecule has 0 aliphatic rings. The standard InChI is InChI=1S/C11H9BrN2O2/c1-7-4-9(2-3-10(7)11(15)16)14-6-8(12)5-13-14/h2-6H,1H3,(H,15,16). The maximum Gasteiger partial charge on any atom is 0.335 e. The lowest BCUT2D eigenvalue weighted by atomic mass is 10.1. The number of carbonyl (C=O) groups is 1. The Bertz CT molecular complexity index is 549. The fourth-order valence-electron chi connectivity index (χ4n) is 1.47. The first-order chi connectivity index (χ1) is 7.58. The van der Waals surface area contributed by atoms with Gasteiger partial charge in [-0.3, -0.25) is 0 Å². The van der Waals surface area contributed by atoms with Gasteiger partial charge in [0.05, 0.1) is 21.9 Å². The van der Waals surface area contributed by atoms with Crippen molar-refractivity contribution in [2.75, 3.05) is 0 Å². The predicted molar refractivity (Wildman–Crippen MR) is 63.0 cm³/mol. The largest absolute Gasteiger partial charge is 0.478 e. The van der Waals surface area contributed by atoms with Crippen LogP contribution < -0.4 is 0 Å². The molecule has 0 fully saturated rings. The highest BCUT2D eigenvalue weighted by atomic mass is 79.9. The summed E-state index contributed by atoms with van der Waals surface area (Å²) in [6, 6.07) is 5.11. The summed E-state index contributed by atoms with van der Waals surface area (Å²) in [6.07, 6.45) is 3.50. The molecule has 82 valence electrons. The van der Waals surface area contributed by atoms with Gasteiger partial charge in [0.1, 0.15) is 0 Å². The molecule has 2 rings (SSSR count). The summed E-state index contributed by atoms with van der Waals surface area (Å²) in [5.41, 5.74) is 1.87. The van der Waals surface area contributed by atoms with Crippen molar-refractivity contribution in [2.45, 2.75) is 6.92 Å². The van der Waals surface area contributed by atoms with Crippen LogP contribution >= 0.6 is 15.9 Å². The monoisotopic (exact) mass is 280 g/mol. The van der Waals surface area contributed by atoms with Crippen LogP contribution in [-0.2, 0) is 0 Å². The molecule has 16 heavy (non-hydrogen) atoms. The van der Waals surface area contributed by atoms with E-state index in [9.17, 15) is 4.79 Å². The van der Waals surface area contributed by atoms with E-state index in [1.807, 2.05) is 6.20 Å². The third kappa shape index (κ3) is 1.99. The van der Waals surface area contributed by atoms with Crippen LogP contribution in [0.4, 0.5) is 0 Å². The topological polar surface area (TPSA) is 55.1 Å². The van der Waals surface area contributed by atoms with Crippen LogP contribution in [0.25, 0.3) is 5.69 Å². The minimum absolute atomic E-state index is 0.315. The van der Waals surface area contributed by atoms with Gasteiger partial charge in [-0.1, -0.05) is 0 Å². The van der Waals surface area contributed by atoms with E-state index in [0.29, 0.717) is 5.56 Å². The number of aromatic carboxylic acids is 1. The van der Waals surface area contributed by atoms with Crippen molar-refractivity contribution in [1.82, 2.24) is 9.78 Å². The zero-order valence-electron chi connectivity index (χ0n) is 8.51. The van der Waals surface area contributed by atoms with Crippen molar-refractivity contribution >= 4 is 21.9 Å². The highest BCUT2D eigenvalue weighted by Gasteiger charge is 2.08. The molecule has 0 unspecified atom stereocenters. The van der Waals surface area contributed by atoms with Crippen LogP contribution in [0.3, 0.4) is 0 Å². The quantitative estimate of drug-likeness (QED) is 0.920. The van der Waals surface area contributed by atoms with Crippen LogP contribution in [0.5, 0.6) is 0 Å². The van der Waals surface area contributed by atoms with Gasteiger partial charge >= 0.3 is 5.97 Å². The summed E-state index contributed by atoms with van der Waals surface area (Å²) < 4.78 is 2.57. The molecule has 1 aromatic carbocycles. The third-order valence-corrected chi connectivity index (χ3v) is 2.67. The summed E-state index contributed by atoms with van der Waals surface area (Å²) >= 11 is 3.31. The van der Waals surface area contributed by atoms with Crippen molar-refractivity contribution in [3.8, 4) is 5.69 Å². The number of hydrogen-bond acceptors (Lipinski definition) is 2. The third-order valence-electron chi connectivity index (χ3n) is 2.26. The molecule has 0 amide bonds. The van der Waals surface area contributed by atoms with Crippen molar-refractivity contribution in [3.63, 3.8) is 0 Å². The smallest absolute Gasteiger partial charge is 0.335 e. The Morgan fingerprint density at radius 3 is 2.75 bits per heavy atom. The first-order valence-corrected chi connectivity index (χ1v) is 5.42. The molecule has 0 aliphatic carbocycles. The molecular formula is C11H9BrN2O2. The number of benzene rings is 1. The molecule has 0 radical (unpaired) electrons. The Hall–Kier alpha value is -1.62. The molecule has 2 aromatic rings. The Morgan fingerprint density at radius 1 is 1.50 bits per heavy atom. The molecular weight excluding hydrogens is 272 g/mol. The number of aryl methyl sites for hydroxylation is 1. The Kier molecular flexibility index (Phi) is 2.78. The fraction of sp³-hybridized carbons (Fsp3) is 0.0909. The maximum absolute atomic E-state index is 10.8.